The van der Waals surface area contributed by atoms with Crippen LogP contribution in [0.5, 0.6) is 11.5 Å². The molecule has 20 heavy (non-hydrogen) atoms. The van der Waals surface area contributed by atoms with Gasteiger partial charge in [0.05, 0.1) is 5.56 Å². The summed E-state index contributed by atoms with van der Waals surface area (Å²) in [4.78, 5) is 11.8. The summed E-state index contributed by atoms with van der Waals surface area (Å²) in [6, 6.07) is 4.15. The molecule has 7 heteroatoms. The number of hydrogen-bond acceptors (Lipinski definition) is 4. The van der Waals surface area contributed by atoms with Gasteiger partial charge in [-0.3, -0.25) is 0 Å². The van der Waals surface area contributed by atoms with Crippen molar-refractivity contribution in [3.8, 4) is 11.5 Å². The van der Waals surface area contributed by atoms with Gasteiger partial charge in [0.2, 0.25) is 6.79 Å². The summed E-state index contributed by atoms with van der Waals surface area (Å²) in [5.41, 5.74) is 0.0177. The molecule has 1 aromatic carbocycles. The highest BCUT2D eigenvalue weighted by Gasteiger charge is 2.51. The van der Waals surface area contributed by atoms with Crippen molar-refractivity contribution in [3.05, 3.63) is 23.8 Å². The van der Waals surface area contributed by atoms with Gasteiger partial charge in [-0.15, -0.1) is 0 Å². The summed E-state index contributed by atoms with van der Waals surface area (Å²) in [5.74, 6) is -0.837. The highest BCUT2D eigenvalue weighted by Crippen LogP contribution is 2.42. The fourth-order valence-electron chi connectivity index (χ4n) is 2.04. The number of halogens is 3. The zero-order valence-corrected chi connectivity index (χ0v) is 10.3. The Labute approximate surface area is 112 Å². The predicted molar refractivity (Wildman–Crippen MR) is 60.5 cm³/mol. The van der Waals surface area contributed by atoms with Crippen LogP contribution in [0.4, 0.5) is 13.2 Å². The lowest BCUT2D eigenvalue weighted by Gasteiger charge is -2.20. The summed E-state index contributed by atoms with van der Waals surface area (Å²) in [6.45, 7) is 0.0289. The minimum absolute atomic E-state index is 0.0177. The maximum Gasteiger partial charge on any atom is 0.425 e. The molecule has 1 heterocycles. The second kappa shape index (κ2) is 4.57. The lowest BCUT2D eigenvalue weighted by molar-refractivity contribution is -0.210. The summed E-state index contributed by atoms with van der Waals surface area (Å²) >= 11 is 0. The zero-order chi connectivity index (χ0) is 14.3. The Morgan fingerprint density at radius 2 is 1.95 bits per heavy atom. The zero-order valence-electron chi connectivity index (χ0n) is 10.3. The number of fused-ring (bicyclic) bond motifs is 1. The lowest BCUT2D eigenvalue weighted by atomic mass is 10.2. The molecule has 0 saturated heterocycles. The van der Waals surface area contributed by atoms with Gasteiger partial charge in [0.1, 0.15) is 0 Å². The number of esters is 1. The molecule has 0 amide bonds. The molecule has 3 rings (SSSR count). The monoisotopic (exact) mass is 288 g/mol. The van der Waals surface area contributed by atoms with Crippen molar-refractivity contribution in [2.75, 3.05) is 6.79 Å². The van der Waals surface area contributed by atoms with E-state index < -0.39 is 24.2 Å². The van der Waals surface area contributed by atoms with Crippen molar-refractivity contribution in [2.45, 2.75) is 25.1 Å². The van der Waals surface area contributed by atoms with Gasteiger partial charge < -0.3 is 14.2 Å². The number of rotatable bonds is 3. The van der Waals surface area contributed by atoms with Crippen LogP contribution in [-0.4, -0.2) is 25.0 Å². The van der Waals surface area contributed by atoms with E-state index >= 15 is 0 Å². The van der Waals surface area contributed by atoms with Crippen LogP contribution < -0.4 is 9.47 Å². The van der Waals surface area contributed by atoms with E-state index in [0.29, 0.717) is 24.3 Å². The van der Waals surface area contributed by atoms with E-state index in [9.17, 15) is 18.0 Å². The predicted octanol–water partition coefficient (Wildman–Crippen LogP) is 2.91. The van der Waals surface area contributed by atoms with Crippen molar-refractivity contribution in [1.29, 1.82) is 0 Å². The van der Waals surface area contributed by atoms with Crippen molar-refractivity contribution >= 4 is 5.97 Å². The minimum Gasteiger partial charge on any atom is -0.454 e. The third kappa shape index (κ3) is 2.52. The third-order valence-corrected chi connectivity index (χ3v) is 3.22. The fourth-order valence-corrected chi connectivity index (χ4v) is 2.04. The molecule has 1 aliphatic carbocycles. The van der Waals surface area contributed by atoms with Crippen molar-refractivity contribution < 1.29 is 32.2 Å². The van der Waals surface area contributed by atoms with Gasteiger partial charge in [0, 0.05) is 5.92 Å². The molecular formula is C13H11F3O4. The highest BCUT2D eigenvalue weighted by molar-refractivity contribution is 5.90. The van der Waals surface area contributed by atoms with E-state index in [4.69, 9.17) is 9.47 Å². The fraction of sp³-hybridized carbons (Fsp3) is 0.462. The first-order valence-corrected chi connectivity index (χ1v) is 6.12. The van der Waals surface area contributed by atoms with Gasteiger partial charge in [-0.1, -0.05) is 0 Å². The molecule has 0 N–H and O–H groups in total. The van der Waals surface area contributed by atoms with Gasteiger partial charge >= 0.3 is 12.1 Å². The number of carbonyl (C=O) groups excluding carboxylic acids is 1. The van der Waals surface area contributed by atoms with Crippen LogP contribution >= 0.6 is 0 Å². The summed E-state index contributed by atoms with van der Waals surface area (Å²) in [7, 11) is 0. The Balaban J connectivity index is 1.75. The molecule has 1 saturated carbocycles. The molecule has 1 aromatic rings. The van der Waals surface area contributed by atoms with Crippen LogP contribution in [0.25, 0.3) is 0 Å². The van der Waals surface area contributed by atoms with Crippen LogP contribution in [0, 0.1) is 5.92 Å². The van der Waals surface area contributed by atoms with E-state index in [1.807, 2.05) is 0 Å². The number of benzene rings is 1. The molecule has 0 bridgehead atoms. The molecule has 0 spiro atoms. The van der Waals surface area contributed by atoms with Gasteiger partial charge in [0.25, 0.3) is 0 Å². The Kier molecular flexibility index (Phi) is 2.99. The van der Waals surface area contributed by atoms with E-state index in [1.54, 1.807) is 0 Å². The summed E-state index contributed by atoms with van der Waals surface area (Å²) in [6.07, 6.45) is -5.70. The van der Waals surface area contributed by atoms with Crippen LogP contribution in [0.1, 0.15) is 23.2 Å². The molecule has 1 fully saturated rings. The average molecular weight is 288 g/mol. The minimum atomic E-state index is -4.53. The molecule has 108 valence electrons. The topological polar surface area (TPSA) is 44.8 Å². The van der Waals surface area contributed by atoms with E-state index in [2.05, 4.69) is 4.74 Å². The molecule has 4 nitrogen and oxygen atoms in total. The molecule has 0 aromatic heterocycles. The maximum atomic E-state index is 12.8. The van der Waals surface area contributed by atoms with Gasteiger partial charge in [0.15, 0.2) is 17.6 Å². The average Bonchev–Trinajstić information content (AvgIpc) is 3.10. The summed E-state index contributed by atoms with van der Waals surface area (Å²) < 4.78 is 53.1. The molecular weight excluding hydrogens is 277 g/mol. The van der Waals surface area contributed by atoms with E-state index in [0.717, 1.165) is 0 Å². The molecule has 1 aliphatic heterocycles. The first-order chi connectivity index (χ1) is 9.45. The molecule has 2 aliphatic rings. The number of alkyl halides is 3. The molecule has 0 unspecified atom stereocenters. The Bertz CT molecular complexity index is 537. The van der Waals surface area contributed by atoms with Crippen LogP contribution in [-0.2, 0) is 4.74 Å². The smallest absolute Gasteiger partial charge is 0.425 e. The van der Waals surface area contributed by atoms with Crippen molar-refractivity contribution in [2.24, 2.45) is 5.92 Å². The van der Waals surface area contributed by atoms with E-state index in [1.165, 1.54) is 18.2 Å². The van der Waals surface area contributed by atoms with E-state index in [-0.39, 0.29) is 12.4 Å². The largest absolute Gasteiger partial charge is 0.454 e. The highest BCUT2D eigenvalue weighted by atomic mass is 19.4. The van der Waals surface area contributed by atoms with Crippen LogP contribution in [0.3, 0.4) is 0 Å². The van der Waals surface area contributed by atoms with Gasteiger partial charge in [-0.2, -0.15) is 13.2 Å². The van der Waals surface area contributed by atoms with Crippen molar-refractivity contribution in [3.63, 3.8) is 0 Å². The second-order valence-electron chi connectivity index (χ2n) is 4.77. The molecule has 1 atom stereocenters. The number of ether oxygens (including phenoxy) is 3. The lowest BCUT2D eigenvalue weighted by Crippen LogP contribution is -2.35. The maximum absolute atomic E-state index is 12.8. The van der Waals surface area contributed by atoms with Crippen LogP contribution in [0.2, 0.25) is 0 Å². The normalized spacial score (nSPS) is 18.8. The van der Waals surface area contributed by atoms with Crippen molar-refractivity contribution in [1.82, 2.24) is 0 Å². The van der Waals surface area contributed by atoms with Gasteiger partial charge in [-0.05, 0) is 31.0 Å². The first kappa shape index (κ1) is 13.1. The molecule has 0 radical (unpaired) electrons. The Hall–Kier alpha value is -1.92. The van der Waals surface area contributed by atoms with Crippen LogP contribution in [0.15, 0.2) is 18.2 Å². The summed E-state index contributed by atoms with van der Waals surface area (Å²) in [5, 5.41) is 0. The first-order valence-electron chi connectivity index (χ1n) is 6.12. The third-order valence-electron chi connectivity index (χ3n) is 3.22. The SMILES string of the molecule is O=C(O[C@H](C1CC1)C(F)(F)F)c1ccc2c(c1)OCO2. The number of hydrogen-bond donors (Lipinski definition) is 0. The number of carbonyl (C=O) groups is 1. The van der Waals surface area contributed by atoms with Gasteiger partial charge in [-0.25, -0.2) is 4.79 Å². The standard InChI is InChI=1S/C13H11F3O4/c14-13(15,16)11(7-1-2-7)20-12(17)8-3-4-9-10(5-8)19-6-18-9/h3-5,7,11H,1-2,6H2/t11-/m1/s1. The Morgan fingerprint density at radius 1 is 1.25 bits per heavy atom. The Morgan fingerprint density at radius 3 is 2.60 bits per heavy atom. The quantitative estimate of drug-likeness (QED) is 0.802. The second-order valence-corrected chi connectivity index (χ2v) is 4.77.